The minimum Gasteiger partial charge on any atom is -0.383 e. The van der Waals surface area contributed by atoms with Gasteiger partial charge >= 0.3 is 0 Å². The fraction of sp³-hybridized carbons (Fsp3) is 0.636. The molecule has 2 heterocycles. The summed E-state index contributed by atoms with van der Waals surface area (Å²) in [6, 6.07) is 0.402. The van der Waals surface area contributed by atoms with Gasteiger partial charge in [-0.1, -0.05) is 6.92 Å². The molecule has 16 heavy (non-hydrogen) atoms. The van der Waals surface area contributed by atoms with Crippen LogP contribution in [0, 0.1) is 0 Å². The zero-order chi connectivity index (χ0) is 11.5. The smallest absolute Gasteiger partial charge is 0.137 e. The summed E-state index contributed by atoms with van der Waals surface area (Å²) in [5, 5.41) is 0. The van der Waals surface area contributed by atoms with Crippen LogP contribution in [0.2, 0.25) is 0 Å². The second kappa shape index (κ2) is 4.65. The summed E-state index contributed by atoms with van der Waals surface area (Å²) in [5.41, 5.74) is 6.88. The molecule has 5 heteroatoms. The fourth-order valence-corrected chi connectivity index (χ4v) is 2.06. The molecule has 1 saturated heterocycles. The Kier molecular flexibility index (Phi) is 3.24. The summed E-state index contributed by atoms with van der Waals surface area (Å²) in [6.45, 7) is 3.66. The zero-order valence-corrected chi connectivity index (χ0v) is 9.81. The van der Waals surface area contributed by atoms with Crippen molar-refractivity contribution in [3.05, 3.63) is 11.9 Å². The lowest BCUT2D eigenvalue weighted by atomic mass is 10.1. The number of ether oxygens (including phenoxy) is 1. The van der Waals surface area contributed by atoms with Gasteiger partial charge in [-0.2, -0.15) is 0 Å². The van der Waals surface area contributed by atoms with Crippen molar-refractivity contribution in [1.29, 1.82) is 0 Å². The van der Waals surface area contributed by atoms with E-state index in [0.717, 1.165) is 37.4 Å². The van der Waals surface area contributed by atoms with E-state index in [1.165, 1.54) is 6.33 Å². The molecule has 0 amide bonds. The Morgan fingerprint density at radius 1 is 1.56 bits per heavy atom. The van der Waals surface area contributed by atoms with Gasteiger partial charge in [0.05, 0.1) is 12.6 Å². The molecule has 0 saturated carbocycles. The summed E-state index contributed by atoms with van der Waals surface area (Å²) >= 11 is 0. The molecule has 1 aromatic rings. The van der Waals surface area contributed by atoms with Gasteiger partial charge in [0, 0.05) is 19.2 Å². The summed E-state index contributed by atoms with van der Waals surface area (Å²) in [7, 11) is 2.04. The molecule has 1 fully saturated rings. The highest BCUT2D eigenvalue weighted by molar-refractivity contribution is 5.56. The van der Waals surface area contributed by atoms with Gasteiger partial charge in [-0.25, -0.2) is 9.97 Å². The van der Waals surface area contributed by atoms with E-state index in [9.17, 15) is 0 Å². The molecule has 0 radical (unpaired) electrons. The average Bonchev–Trinajstić information content (AvgIpc) is 2.81. The number of nitrogens with zero attached hydrogens (tertiary/aromatic N) is 3. The van der Waals surface area contributed by atoms with Gasteiger partial charge in [0.25, 0.3) is 0 Å². The average molecular weight is 222 g/mol. The lowest BCUT2D eigenvalue weighted by molar-refractivity contribution is 0.193. The second-order valence-corrected chi connectivity index (χ2v) is 4.04. The molecule has 0 aromatic carbocycles. The van der Waals surface area contributed by atoms with Crippen LogP contribution >= 0.6 is 0 Å². The van der Waals surface area contributed by atoms with Crippen LogP contribution in [0.4, 0.5) is 11.6 Å². The van der Waals surface area contributed by atoms with Crippen LogP contribution in [0.3, 0.4) is 0 Å². The van der Waals surface area contributed by atoms with E-state index in [1.54, 1.807) is 0 Å². The molecule has 2 N–H and O–H groups in total. The highest BCUT2D eigenvalue weighted by Gasteiger charge is 2.23. The van der Waals surface area contributed by atoms with Crippen LogP contribution in [-0.2, 0) is 11.2 Å². The maximum atomic E-state index is 5.86. The van der Waals surface area contributed by atoms with E-state index in [2.05, 4.69) is 21.8 Å². The van der Waals surface area contributed by atoms with Crippen LogP contribution in [0.1, 0.15) is 18.9 Å². The van der Waals surface area contributed by atoms with Crippen molar-refractivity contribution in [2.24, 2.45) is 0 Å². The predicted octanol–water partition coefficient (Wildman–Crippen LogP) is 0.846. The first-order valence-corrected chi connectivity index (χ1v) is 5.64. The molecule has 88 valence electrons. The summed E-state index contributed by atoms with van der Waals surface area (Å²) in [5.74, 6) is 1.52. The maximum Gasteiger partial charge on any atom is 0.137 e. The molecule has 1 aromatic heterocycles. The lowest BCUT2D eigenvalue weighted by Gasteiger charge is -2.26. The van der Waals surface area contributed by atoms with Gasteiger partial charge in [-0.15, -0.1) is 0 Å². The molecule has 0 spiro atoms. The first-order chi connectivity index (χ1) is 7.74. The van der Waals surface area contributed by atoms with E-state index in [1.807, 2.05) is 7.05 Å². The minimum atomic E-state index is 0.402. The second-order valence-electron chi connectivity index (χ2n) is 4.04. The number of hydrogen-bond acceptors (Lipinski definition) is 5. The summed E-state index contributed by atoms with van der Waals surface area (Å²) in [4.78, 5) is 10.5. The Bertz CT molecular complexity index is 363. The largest absolute Gasteiger partial charge is 0.383 e. The Hall–Kier alpha value is -1.36. The van der Waals surface area contributed by atoms with Crippen molar-refractivity contribution in [2.45, 2.75) is 25.8 Å². The monoisotopic (exact) mass is 222 g/mol. The molecule has 1 unspecified atom stereocenters. The third-order valence-electron chi connectivity index (χ3n) is 3.10. The summed E-state index contributed by atoms with van der Waals surface area (Å²) < 4.78 is 5.39. The first kappa shape index (κ1) is 11.1. The molecular weight excluding hydrogens is 204 g/mol. The molecule has 0 bridgehead atoms. The van der Waals surface area contributed by atoms with Crippen LogP contribution < -0.4 is 10.6 Å². The zero-order valence-electron chi connectivity index (χ0n) is 9.81. The van der Waals surface area contributed by atoms with Crippen molar-refractivity contribution in [1.82, 2.24) is 9.97 Å². The van der Waals surface area contributed by atoms with E-state index < -0.39 is 0 Å². The van der Waals surface area contributed by atoms with Crippen LogP contribution in [0.15, 0.2) is 6.33 Å². The van der Waals surface area contributed by atoms with Gasteiger partial charge < -0.3 is 15.4 Å². The Balaban J connectivity index is 2.27. The number of aromatic nitrogens is 2. The SMILES string of the molecule is CCc1c(N)ncnc1N(C)C1CCOC1. The molecule has 1 aliphatic rings. The highest BCUT2D eigenvalue weighted by Crippen LogP contribution is 2.24. The van der Waals surface area contributed by atoms with E-state index in [0.29, 0.717) is 11.9 Å². The highest BCUT2D eigenvalue weighted by atomic mass is 16.5. The normalized spacial score (nSPS) is 20.0. The third-order valence-corrected chi connectivity index (χ3v) is 3.10. The number of likely N-dealkylation sites (N-methyl/N-ethyl adjacent to an activating group) is 1. The van der Waals surface area contributed by atoms with Gasteiger partial charge in [0.1, 0.15) is 18.0 Å². The topological polar surface area (TPSA) is 64.3 Å². The third kappa shape index (κ3) is 1.95. The molecule has 1 aliphatic heterocycles. The number of anilines is 2. The molecule has 1 atom stereocenters. The standard InChI is InChI=1S/C11H18N4O/c1-3-9-10(12)13-7-14-11(9)15(2)8-4-5-16-6-8/h7-8H,3-6H2,1-2H3,(H2,12,13,14). The quantitative estimate of drug-likeness (QED) is 0.821. The molecule has 2 rings (SSSR count). The molecule has 5 nitrogen and oxygen atoms in total. The van der Waals surface area contributed by atoms with Crippen molar-refractivity contribution >= 4 is 11.6 Å². The Morgan fingerprint density at radius 2 is 2.38 bits per heavy atom. The maximum absolute atomic E-state index is 5.86. The number of nitrogens with two attached hydrogens (primary N) is 1. The van der Waals surface area contributed by atoms with Gasteiger partial charge in [0.15, 0.2) is 0 Å². The van der Waals surface area contributed by atoms with Crippen molar-refractivity contribution in [3.63, 3.8) is 0 Å². The number of hydrogen-bond donors (Lipinski definition) is 1. The predicted molar refractivity (Wildman–Crippen MR) is 63.4 cm³/mol. The van der Waals surface area contributed by atoms with Crippen LogP contribution in [-0.4, -0.2) is 36.3 Å². The van der Waals surface area contributed by atoms with E-state index in [4.69, 9.17) is 10.5 Å². The number of rotatable bonds is 3. The lowest BCUT2D eigenvalue weighted by Crippen LogP contribution is -2.33. The van der Waals surface area contributed by atoms with Gasteiger partial charge in [-0.3, -0.25) is 0 Å². The van der Waals surface area contributed by atoms with Crippen LogP contribution in [0.5, 0.6) is 0 Å². The van der Waals surface area contributed by atoms with Crippen molar-refractivity contribution < 1.29 is 4.74 Å². The van der Waals surface area contributed by atoms with E-state index in [-0.39, 0.29) is 0 Å². The number of nitrogen functional groups attached to an aromatic ring is 1. The van der Waals surface area contributed by atoms with Gasteiger partial charge in [-0.05, 0) is 12.8 Å². The Morgan fingerprint density at radius 3 is 3.00 bits per heavy atom. The van der Waals surface area contributed by atoms with E-state index >= 15 is 0 Å². The molecule has 0 aliphatic carbocycles. The van der Waals surface area contributed by atoms with Crippen molar-refractivity contribution in [3.8, 4) is 0 Å². The summed E-state index contributed by atoms with van der Waals surface area (Å²) in [6.07, 6.45) is 3.42. The fourth-order valence-electron chi connectivity index (χ4n) is 2.06. The first-order valence-electron chi connectivity index (χ1n) is 5.64. The van der Waals surface area contributed by atoms with Gasteiger partial charge in [0.2, 0.25) is 0 Å². The van der Waals surface area contributed by atoms with Crippen molar-refractivity contribution in [2.75, 3.05) is 30.9 Å². The Labute approximate surface area is 95.6 Å². The molecular formula is C11H18N4O. The van der Waals surface area contributed by atoms with Crippen LogP contribution in [0.25, 0.3) is 0 Å². The minimum absolute atomic E-state index is 0.402.